The minimum Gasteiger partial charge on any atom is -0.496 e. The van der Waals surface area contributed by atoms with Crippen LogP contribution in [-0.2, 0) is 0 Å². The zero-order valence-corrected chi connectivity index (χ0v) is 12.2. The molecule has 0 fully saturated rings. The van der Waals surface area contributed by atoms with E-state index in [1.807, 2.05) is 42.6 Å². The Labute approximate surface area is 128 Å². The first kappa shape index (κ1) is 12.8. The van der Waals surface area contributed by atoms with Crippen molar-refractivity contribution in [2.45, 2.75) is 0 Å². The maximum absolute atomic E-state index is 5.45. The molecule has 2 aromatic heterocycles. The van der Waals surface area contributed by atoms with E-state index in [9.17, 15) is 0 Å². The molecule has 4 rings (SSSR count). The van der Waals surface area contributed by atoms with E-state index >= 15 is 0 Å². The standard InChI is InChI=1S/C19H14N2O/c1-22-18-5-3-2-4-16(18)17-9-8-13-6-7-14-12-20-11-10-15(14)19(13)21-17/h2-12H,1H3. The van der Waals surface area contributed by atoms with Gasteiger partial charge in [-0.15, -0.1) is 0 Å². The van der Waals surface area contributed by atoms with E-state index in [4.69, 9.17) is 9.72 Å². The highest BCUT2D eigenvalue weighted by Gasteiger charge is 2.08. The van der Waals surface area contributed by atoms with E-state index in [1.54, 1.807) is 13.3 Å². The molecule has 0 atom stereocenters. The SMILES string of the molecule is COc1ccccc1-c1ccc2ccc3cnccc3c2n1. The van der Waals surface area contributed by atoms with Crippen LogP contribution in [0.5, 0.6) is 5.75 Å². The van der Waals surface area contributed by atoms with Crippen LogP contribution in [0.25, 0.3) is 32.9 Å². The number of ether oxygens (including phenoxy) is 1. The van der Waals surface area contributed by atoms with Crippen LogP contribution in [0.15, 0.2) is 67.0 Å². The number of aromatic nitrogens is 2. The Morgan fingerprint density at radius 1 is 0.864 bits per heavy atom. The van der Waals surface area contributed by atoms with Gasteiger partial charge in [-0.1, -0.05) is 30.3 Å². The quantitative estimate of drug-likeness (QED) is 0.510. The molecule has 0 unspecified atom stereocenters. The van der Waals surface area contributed by atoms with Gasteiger partial charge >= 0.3 is 0 Å². The van der Waals surface area contributed by atoms with Crippen molar-refractivity contribution in [2.75, 3.05) is 7.11 Å². The zero-order chi connectivity index (χ0) is 14.9. The number of pyridine rings is 2. The molecule has 0 aliphatic heterocycles. The Hall–Kier alpha value is -2.94. The summed E-state index contributed by atoms with van der Waals surface area (Å²) in [4.78, 5) is 9.05. The molecule has 2 heterocycles. The monoisotopic (exact) mass is 286 g/mol. The van der Waals surface area contributed by atoms with E-state index in [0.717, 1.165) is 38.7 Å². The van der Waals surface area contributed by atoms with E-state index in [2.05, 4.69) is 23.2 Å². The maximum Gasteiger partial charge on any atom is 0.128 e. The van der Waals surface area contributed by atoms with Crippen molar-refractivity contribution in [3.8, 4) is 17.0 Å². The van der Waals surface area contributed by atoms with Crippen LogP contribution in [0.2, 0.25) is 0 Å². The van der Waals surface area contributed by atoms with Gasteiger partial charge in [0, 0.05) is 34.1 Å². The number of benzene rings is 2. The Kier molecular flexibility index (Phi) is 2.97. The summed E-state index contributed by atoms with van der Waals surface area (Å²) in [5.74, 6) is 0.830. The number of fused-ring (bicyclic) bond motifs is 3. The molecule has 0 amide bonds. The molecular weight excluding hydrogens is 272 g/mol. The van der Waals surface area contributed by atoms with Crippen molar-refractivity contribution < 1.29 is 4.74 Å². The third kappa shape index (κ3) is 1.99. The molecule has 0 spiro atoms. The van der Waals surface area contributed by atoms with Crippen molar-refractivity contribution in [1.82, 2.24) is 9.97 Å². The van der Waals surface area contributed by atoms with Crippen LogP contribution in [0, 0.1) is 0 Å². The van der Waals surface area contributed by atoms with E-state index < -0.39 is 0 Å². The second kappa shape index (κ2) is 5.11. The highest BCUT2D eigenvalue weighted by atomic mass is 16.5. The lowest BCUT2D eigenvalue weighted by atomic mass is 10.1. The van der Waals surface area contributed by atoms with Crippen LogP contribution >= 0.6 is 0 Å². The van der Waals surface area contributed by atoms with Crippen LogP contribution in [0.3, 0.4) is 0 Å². The Morgan fingerprint density at radius 2 is 1.68 bits per heavy atom. The van der Waals surface area contributed by atoms with Gasteiger partial charge in [-0.2, -0.15) is 0 Å². The van der Waals surface area contributed by atoms with Gasteiger partial charge in [0.1, 0.15) is 5.75 Å². The van der Waals surface area contributed by atoms with E-state index in [-0.39, 0.29) is 0 Å². The van der Waals surface area contributed by atoms with Gasteiger partial charge in [-0.25, -0.2) is 4.98 Å². The topological polar surface area (TPSA) is 35.0 Å². The summed E-state index contributed by atoms with van der Waals surface area (Å²) in [6, 6.07) is 18.2. The third-order valence-corrected chi connectivity index (χ3v) is 3.86. The summed E-state index contributed by atoms with van der Waals surface area (Å²) in [5, 5.41) is 3.33. The zero-order valence-electron chi connectivity index (χ0n) is 12.2. The lowest BCUT2D eigenvalue weighted by molar-refractivity contribution is 0.416. The number of para-hydroxylation sites is 1. The van der Waals surface area contributed by atoms with Crippen LogP contribution in [-0.4, -0.2) is 17.1 Å². The molecule has 3 nitrogen and oxygen atoms in total. The normalized spacial score (nSPS) is 11.0. The van der Waals surface area contributed by atoms with Crippen molar-refractivity contribution in [3.05, 3.63) is 67.0 Å². The lowest BCUT2D eigenvalue weighted by Gasteiger charge is -2.09. The highest BCUT2D eigenvalue weighted by molar-refractivity contribution is 6.05. The molecule has 22 heavy (non-hydrogen) atoms. The van der Waals surface area contributed by atoms with Crippen molar-refractivity contribution in [2.24, 2.45) is 0 Å². The first-order valence-corrected chi connectivity index (χ1v) is 7.14. The Bertz CT molecular complexity index is 979. The molecular formula is C19H14N2O. The molecule has 0 saturated carbocycles. The number of hydrogen-bond donors (Lipinski definition) is 0. The third-order valence-electron chi connectivity index (χ3n) is 3.86. The number of hydrogen-bond acceptors (Lipinski definition) is 3. The Morgan fingerprint density at radius 3 is 2.59 bits per heavy atom. The van der Waals surface area contributed by atoms with Gasteiger partial charge in [0.15, 0.2) is 0 Å². The van der Waals surface area contributed by atoms with Crippen LogP contribution < -0.4 is 4.74 Å². The summed E-state index contributed by atoms with van der Waals surface area (Å²) in [7, 11) is 1.68. The predicted molar refractivity (Wildman–Crippen MR) is 89.0 cm³/mol. The fourth-order valence-corrected chi connectivity index (χ4v) is 2.76. The van der Waals surface area contributed by atoms with Gasteiger partial charge in [-0.05, 0) is 24.3 Å². The number of nitrogens with zero attached hydrogens (tertiary/aromatic N) is 2. The second-order valence-electron chi connectivity index (χ2n) is 5.13. The summed E-state index contributed by atoms with van der Waals surface area (Å²) >= 11 is 0. The smallest absolute Gasteiger partial charge is 0.128 e. The minimum atomic E-state index is 0.830. The van der Waals surface area contributed by atoms with Gasteiger partial charge < -0.3 is 4.74 Å². The molecule has 2 aromatic carbocycles. The second-order valence-corrected chi connectivity index (χ2v) is 5.13. The molecule has 3 heteroatoms. The van der Waals surface area contributed by atoms with Crippen LogP contribution in [0.1, 0.15) is 0 Å². The van der Waals surface area contributed by atoms with Crippen molar-refractivity contribution >= 4 is 21.7 Å². The molecule has 0 N–H and O–H groups in total. The van der Waals surface area contributed by atoms with Gasteiger partial charge in [0.2, 0.25) is 0 Å². The largest absolute Gasteiger partial charge is 0.496 e. The average Bonchev–Trinajstić information content (AvgIpc) is 2.61. The van der Waals surface area contributed by atoms with Gasteiger partial charge in [0.05, 0.1) is 18.3 Å². The highest BCUT2D eigenvalue weighted by Crippen LogP contribution is 2.31. The molecule has 0 aliphatic carbocycles. The lowest BCUT2D eigenvalue weighted by Crippen LogP contribution is -1.91. The molecule has 0 bridgehead atoms. The van der Waals surface area contributed by atoms with E-state index in [0.29, 0.717) is 0 Å². The summed E-state index contributed by atoms with van der Waals surface area (Å²) in [5.41, 5.74) is 2.90. The fraction of sp³-hybridized carbons (Fsp3) is 0.0526. The fourth-order valence-electron chi connectivity index (χ4n) is 2.76. The molecule has 4 aromatic rings. The average molecular weight is 286 g/mol. The first-order valence-electron chi connectivity index (χ1n) is 7.14. The Balaban J connectivity index is 2.02. The molecule has 0 aliphatic rings. The summed E-state index contributed by atoms with van der Waals surface area (Å²) < 4.78 is 5.45. The molecule has 106 valence electrons. The summed E-state index contributed by atoms with van der Waals surface area (Å²) in [6.45, 7) is 0. The predicted octanol–water partition coefficient (Wildman–Crippen LogP) is 4.46. The van der Waals surface area contributed by atoms with Crippen molar-refractivity contribution in [3.63, 3.8) is 0 Å². The van der Waals surface area contributed by atoms with Gasteiger partial charge in [0.25, 0.3) is 0 Å². The first-order chi connectivity index (χ1) is 10.9. The number of methoxy groups -OCH3 is 1. The van der Waals surface area contributed by atoms with E-state index in [1.165, 1.54) is 0 Å². The molecule has 0 radical (unpaired) electrons. The minimum absolute atomic E-state index is 0.830. The van der Waals surface area contributed by atoms with Crippen molar-refractivity contribution in [1.29, 1.82) is 0 Å². The number of rotatable bonds is 2. The maximum atomic E-state index is 5.45. The summed E-state index contributed by atoms with van der Waals surface area (Å²) in [6.07, 6.45) is 3.67. The molecule has 0 saturated heterocycles. The van der Waals surface area contributed by atoms with Crippen LogP contribution in [0.4, 0.5) is 0 Å². The van der Waals surface area contributed by atoms with Gasteiger partial charge in [-0.3, -0.25) is 4.98 Å².